The highest BCUT2D eigenvalue weighted by atomic mass is 32.1. The van der Waals surface area contributed by atoms with Crippen LogP contribution in [-0.4, -0.2) is 20.7 Å². The van der Waals surface area contributed by atoms with E-state index >= 15 is 0 Å². The van der Waals surface area contributed by atoms with Crippen LogP contribution in [0.15, 0.2) is 71.7 Å². The van der Waals surface area contributed by atoms with Gasteiger partial charge in [-0.15, -0.1) is 0 Å². The molecule has 8 heteroatoms. The Morgan fingerprint density at radius 1 is 1.16 bits per heavy atom. The number of primary amides is 1. The highest BCUT2D eigenvalue weighted by molar-refractivity contribution is 7.17. The molecule has 154 valence electrons. The molecule has 3 N–H and O–H groups in total. The zero-order valence-corrected chi connectivity index (χ0v) is 17.5. The lowest BCUT2D eigenvalue weighted by molar-refractivity contribution is -0.120. The summed E-state index contributed by atoms with van der Waals surface area (Å²) in [5, 5.41) is 13.2. The molecule has 0 bridgehead atoms. The number of aromatic amines is 1. The van der Waals surface area contributed by atoms with Gasteiger partial charge in [0.15, 0.2) is 0 Å². The van der Waals surface area contributed by atoms with Crippen molar-refractivity contribution in [2.75, 3.05) is 0 Å². The Labute approximate surface area is 182 Å². The van der Waals surface area contributed by atoms with Gasteiger partial charge in [-0.2, -0.15) is 9.94 Å². The molecule has 0 aliphatic carbocycles. The Hall–Kier alpha value is -3.96. The Morgan fingerprint density at radius 3 is 2.42 bits per heavy atom. The van der Waals surface area contributed by atoms with E-state index in [4.69, 9.17) is 5.73 Å². The van der Waals surface area contributed by atoms with Gasteiger partial charge < -0.3 is 5.73 Å². The molecule has 2 aromatic carbocycles. The zero-order chi connectivity index (χ0) is 22.0. The van der Waals surface area contributed by atoms with Crippen molar-refractivity contribution in [3.63, 3.8) is 0 Å². The van der Waals surface area contributed by atoms with Crippen LogP contribution in [0.25, 0.3) is 15.6 Å². The fourth-order valence-electron chi connectivity index (χ4n) is 3.65. The number of aryl methyl sites for hydroxylation is 1. The first kappa shape index (κ1) is 20.3. The molecule has 0 saturated carbocycles. The molecule has 2 aromatic heterocycles. The molecule has 2 heterocycles. The minimum Gasteiger partial charge on any atom is -0.369 e. The van der Waals surface area contributed by atoms with Crippen molar-refractivity contribution in [1.82, 2.24) is 14.8 Å². The summed E-state index contributed by atoms with van der Waals surface area (Å²) in [6.07, 6.45) is 1.72. The Morgan fingerprint density at radius 2 is 1.81 bits per heavy atom. The van der Waals surface area contributed by atoms with Gasteiger partial charge >= 0.3 is 0 Å². The molecule has 0 fully saturated rings. The quantitative estimate of drug-likeness (QED) is 0.489. The maximum atomic E-state index is 13.4. The van der Waals surface area contributed by atoms with Crippen molar-refractivity contribution in [2.45, 2.75) is 12.8 Å². The van der Waals surface area contributed by atoms with Gasteiger partial charge in [0.25, 0.3) is 5.56 Å². The number of benzene rings is 2. The number of nitriles is 1. The van der Waals surface area contributed by atoms with Crippen molar-refractivity contribution in [2.24, 2.45) is 11.7 Å². The van der Waals surface area contributed by atoms with Crippen LogP contribution in [0.3, 0.4) is 0 Å². The first-order chi connectivity index (χ1) is 15.0. The number of amides is 1. The summed E-state index contributed by atoms with van der Waals surface area (Å²) in [5.41, 5.74) is 7.71. The fraction of sp³-hybridized carbons (Fsp3) is 0.130. The number of hydrogen-bond acceptors (Lipinski definition) is 5. The number of nitrogens with zero attached hydrogens (tertiary/aromatic N) is 3. The van der Waals surface area contributed by atoms with Gasteiger partial charge in [-0.3, -0.25) is 14.7 Å². The number of carbonyl (C=O) groups excluding carboxylic acids is 1. The normalized spacial score (nSPS) is 12.8. The second kappa shape index (κ2) is 8.42. The summed E-state index contributed by atoms with van der Waals surface area (Å²) in [4.78, 5) is 30.8. The lowest BCUT2D eigenvalue weighted by Gasteiger charge is -2.19. The van der Waals surface area contributed by atoms with Crippen LogP contribution in [0.5, 0.6) is 0 Å². The van der Waals surface area contributed by atoms with Crippen molar-refractivity contribution in [3.05, 3.63) is 94.0 Å². The third-order valence-electron chi connectivity index (χ3n) is 5.11. The van der Waals surface area contributed by atoms with Crippen LogP contribution in [-0.2, 0) is 4.79 Å². The van der Waals surface area contributed by atoms with Crippen LogP contribution in [0.2, 0.25) is 0 Å². The van der Waals surface area contributed by atoms with Gasteiger partial charge in [0.1, 0.15) is 5.92 Å². The molecule has 0 unspecified atom stereocenters. The van der Waals surface area contributed by atoms with E-state index in [1.165, 1.54) is 16.0 Å². The van der Waals surface area contributed by atoms with Crippen LogP contribution < -0.4 is 11.3 Å². The molecule has 4 rings (SSSR count). The van der Waals surface area contributed by atoms with Gasteiger partial charge in [0.2, 0.25) is 11.0 Å². The molecule has 31 heavy (non-hydrogen) atoms. The topological polar surface area (TPSA) is 118 Å². The number of H-pyrrole nitrogens is 1. The van der Waals surface area contributed by atoms with E-state index < -0.39 is 17.7 Å². The van der Waals surface area contributed by atoms with E-state index in [0.717, 1.165) is 10.4 Å². The summed E-state index contributed by atoms with van der Waals surface area (Å²) in [7, 11) is 0. The average molecular weight is 430 g/mol. The molecular formula is C23H19N5O2S. The number of thiazole rings is 1. The van der Waals surface area contributed by atoms with E-state index in [2.05, 4.69) is 10.1 Å². The van der Waals surface area contributed by atoms with Gasteiger partial charge in [0.05, 0.1) is 10.9 Å². The maximum absolute atomic E-state index is 13.4. The lowest BCUT2D eigenvalue weighted by atomic mass is 9.81. The first-order valence-corrected chi connectivity index (χ1v) is 10.4. The van der Waals surface area contributed by atoms with Gasteiger partial charge in [-0.05, 0) is 18.1 Å². The molecule has 0 aliphatic rings. The number of rotatable bonds is 6. The number of carbonyl (C=O) groups is 1. The highest BCUT2D eigenvalue weighted by Gasteiger charge is 2.34. The Balaban J connectivity index is 1.83. The van der Waals surface area contributed by atoms with E-state index in [0.29, 0.717) is 22.0 Å². The van der Waals surface area contributed by atoms with Crippen molar-refractivity contribution in [1.29, 1.82) is 5.26 Å². The largest absolute Gasteiger partial charge is 0.369 e. The van der Waals surface area contributed by atoms with Gasteiger partial charge in [-0.25, -0.2) is 4.98 Å². The molecule has 0 radical (unpaired) electrons. The average Bonchev–Trinajstić information content (AvgIpc) is 3.38. The highest BCUT2D eigenvalue weighted by Crippen LogP contribution is 2.33. The van der Waals surface area contributed by atoms with Crippen LogP contribution in [0, 0.1) is 24.2 Å². The molecular weight excluding hydrogens is 410 g/mol. The third kappa shape index (κ3) is 3.79. The second-order valence-electron chi connectivity index (χ2n) is 7.06. The standard InChI is InChI=1S/C23H19N5O2S/c1-14-19(20(17(12-24)21(25)29)16-10-6-3-7-11-16)22(30)28(27-14)23-26-13-18(31-23)15-8-4-2-5-9-15/h2-11,13,17,20,27H,1H3,(H2,25,29)/t17-,20+/m1/s1. The molecule has 0 aliphatic heterocycles. The Bertz CT molecular complexity index is 1320. The number of nitrogens with two attached hydrogens (primary N) is 1. The molecule has 0 saturated heterocycles. The first-order valence-electron chi connectivity index (χ1n) is 9.58. The smallest absolute Gasteiger partial charge is 0.277 e. The van der Waals surface area contributed by atoms with Crippen LogP contribution in [0.4, 0.5) is 0 Å². The summed E-state index contributed by atoms with van der Waals surface area (Å²) < 4.78 is 1.35. The lowest BCUT2D eigenvalue weighted by Crippen LogP contribution is -2.31. The zero-order valence-electron chi connectivity index (χ0n) is 16.6. The predicted molar refractivity (Wildman–Crippen MR) is 119 cm³/mol. The SMILES string of the molecule is Cc1[nH]n(-c2ncc(-c3ccccc3)s2)c(=O)c1[C@@H](c1ccccc1)[C@@H](C#N)C(N)=O. The van der Waals surface area contributed by atoms with E-state index in [1.54, 1.807) is 37.4 Å². The fourth-order valence-corrected chi connectivity index (χ4v) is 4.53. The van der Waals surface area contributed by atoms with Gasteiger partial charge in [-0.1, -0.05) is 72.0 Å². The number of hydrogen-bond donors (Lipinski definition) is 2. The van der Waals surface area contributed by atoms with Crippen LogP contribution in [0.1, 0.15) is 22.7 Å². The van der Waals surface area contributed by atoms with Crippen molar-refractivity contribution in [3.8, 4) is 21.6 Å². The third-order valence-corrected chi connectivity index (χ3v) is 6.14. The molecule has 4 aromatic rings. The monoisotopic (exact) mass is 429 g/mol. The molecule has 7 nitrogen and oxygen atoms in total. The summed E-state index contributed by atoms with van der Waals surface area (Å²) in [6, 6.07) is 20.7. The van der Waals surface area contributed by atoms with Gasteiger partial charge in [0, 0.05) is 23.4 Å². The minimum atomic E-state index is -1.19. The summed E-state index contributed by atoms with van der Waals surface area (Å²) >= 11 is 1.37. The Kier molecular flexibility index (Phi) is 5.52. The molecule has 0 spiro atoms. The van der Waals surface area contributed by atoms with Crippen molar-refractivity contribution >= 4 is 17.2 Å². The van der Waals surface area contributed by atoms with E-state index in [9.17, 15) is 14.9 Å². The second-order valence-corrected chi connectivity index (χ2v) is 8.07. The predicted octanol–water partition coefficient (Wildman–Crippen LogP) is 3.35. The maximum Gasteiger partial charge on any atom is 0.277 e. The molecule has 1 amide bonds. The molecule has 2 atom stereocenters. The minimum absolute atomic E-state index is 0.327. The van der Waals surface area contributed by atoms with E-state index in [1.807, 2.05) is 42.5 Å². The van der Waals surface area contributed by atoms with Crippen molar-refractivity contribution < 1.29 is 4.79 Å². The summed E-state index contributed by atoms with van der Waals surface area (Å²) in [5.74, 6) is -2.75. The number of aromatic nitrogens is 3. The number of nitrogens with one attached hydrogen (secondary N) is 1. The summed E-state index contributed by atoms with van der Waals surface area (Å²) in [6.45, 7) is 1.74. The van der Waals surface area contributed by atoms with E-state index in [-0.39, 0.29) is 5.56 Å². The van der Waals surface area contributed by atoms with Crippen LogP contribution >= 0.6 is 11.3 Å².